The molecule has 5 nitrogen and oxygen atoms in total. The van der Waals surface area contributed by atoms with Gasteiger partial charge in [0, 0.05) is 19.1 Å². The Morgan fingerprint density at radius 1 is 1.25 bits per heavy atom. The van der Waals surface area contributed by atoms with Crippen LogP contribution in [0.15, 0.2) is 12.4 Å². The number of anilines is 1. The molecule has 0 spiro atoms. The van der Waals surface area contributed by atoms with Gasteiger partial charge in [-0.25, -0.2) is 0 Å². The van der Waals surface area contributed by atoms with Crippen molar-refractivity contribution in [2.24, 2.45) is 5.92 Å². The van der Waals surface area contributed by atoms with E-state index in [0.717, 1.165) is 24.8 Å². The Hall–Kier alpha value is -1.36. The topological polar surface area (TPSA) is 50.3 Å². The first-order valence-corrected chi connectivity index (χ1v) is 7.78. The molecule has 1 saturated carbocycles. The standard InChI is InChI=1S/C15H24N4O/c1-2-20-15-11-16-10-14(18-15)19-7-5-13(6-8-19)17-9-12-3-4-12/h10-13,17H,2-9H2,1H3. The van der Waals surface area contributed by atoms with E-state index >= 15 is 0 Å². The molecule has 0 unspecified atom stereocenters. The maximum absolute atomic E-state index is 5.42. The Balaban J connectivity index is 1.50. The Kier molecular flexibility index (Phi) is 4.35. The van der Waals surface area contributed by atoms with Crippen molar-refractivity contribution in [3.63, 3.8) is 0 Å². The summed E-state index contributed by atoms with van der Waals surface area (Å²) >= 11 is 0. The molecule has 2 heterocycles. The second kappa shape index (κ2) is 6.39. The number of hydrogen-bond acceptors (Lipinski definition) is 5. The molecular formula is C15H24N4O. The highest BCUT2D eigenvalue weighted by atomic mass is 16.5. The van der Waals surface area contributed by atoms with Crippen LogP contribution in [0.5, 0.6) is 5.88 Å². The molecule has 0 atom stereocenters. The second-order valence-corrected chi connectivity index (χ2v) is 5.76. The minimum absolute atomic E-state index is 0.624. The number of rotatable bonds is 6. The van der Waals surface area contributed by atoms with Crippen LogP contribution >= 0.6 is 0 Å². The summed E-state index contributed by atoms with van der Waals surface area (Å²) in [6.07, 6.45) is 8.73. The summed E-state index contributed by atoms with van der Waals surface area (Å²) in [6.45, 7) is 5.90. The highest BCUT2D eigenvalue weighted by Gasteiger charge is 2.24. The van der Waals surface area contributed by atoms with Gasteiger partial charge in [-0.2, -0.15) is 4.98 Å². The van der Waals surface area contributed by atoms with E-state index in [1.807, 2.05) is 13.1 Å². The van der Waals surface area contributed by atoms with Gasteiger partial charge in [0.2, 0.25) is 5.88 Å². The summed E-state index contributed by atoms with van der Waals surface area (Å²) in [5.74, 6) is 2.53. The predicted molar refractivity (Wildman–Crippen MR) is 79.2 cm³/mol. The van der Waals surface area contributed by atoms with Crippen LogP contribution in [-0.2, 0) is 0 Å². The maximum atomic E-state index is 5.42. The van der Waals surface area contributed by atoms with Crippen LogP contribution < -0.4 is 15.0 Å². The molecule has 2 fully saturated rings. The predicted octanol–water partition coefficient (Wildman–Crippen LogP) is 1.84. The van der Waals surface area contributed by atoms with Gasteiger partial charge in [0.15, 0.2) is 5.82 Å². The van der Waals surface area contributed by atoms with Crippen molar-refractivity contribution in [3.05, 3.63) is 12.4 Å². The number of nitrogens with zero attached hydrogens (tertiary/aromatic N) is 3. The van der Waals surface area contributed by atoms with Crippen molar-refractivity contribution in [1.29, 1.82) is 0 Å². The Labute approximate surface area is 120 Å². The second-order valence-electron chi connectivity index (χ2n) is 5.76. The molecule has 0 radical (unpaired) electrons. The molecular weight excluding hydrogens is 252 g/mol. The SMILES string of the molecule is CCOc1cncc(N2CCC(NCC3CC3)CC2)n1. The molecule has 5 heteroatoms. The van der Waals surface area contributed by atoms with E-state index in [4.69, 9.17) is 4.74 Å². The first kappa shape index (κ1) is 13.6. The lowest BCUT2D eigenvalue weighted by Crippen LogP contribution is -2.43. The van der Waals surface area contributed by atoms with Gasteiger partial charge >= 0.3 is 0 Å². The van der Waals surface area contributed by atoms with Gasteiger partial charge in [0.25, 0.3) is 0 Å². The minimum Gasteiger partial charge on any atom is -0.477 e. The number of nitrogens with one attached hydrogen (secondary N) is 1. The molecule has 1 aliphatic heterocycles. The summed E-state index contributed by atoms with van der Waals surface area (Å²) in [4.78, 5) is 11.0. The fourth-order valence-electron chi connectivity index (χ4n) is 2.68. The van der Waals surface area contributed by atoms with Crippen molar-refractivity contribution in [3.8, 4) is 5.88 Å². The third-order valence-electron chi connectivity index (χ3n) is 4.10. The molecule has 1 aromatic heterocycles. The number of aromatic nitrogens is 2. The lowest BCUT2D eigenvalue weighted by Gasteiger charge is -2.33. The average molecular weight is 276 g/mol. The van der Waals surface area contributed by atoms with Gasteiger partial charge in [-0.3, -0.25) is 4.98 Å². The molecule has 0 aromatic carbocycles. The third kappa shape index (κ3) is 3.60. The largest absolute Gasteiger partial charge is 0.477 e. The summed E-state index contributed by atoms with van der Waals surface area (Å²) in [7, 11) is 0. The van der Waals surface area contributed by atoms with Gasteiger partial charge < -0.3 is 15.0 Å². The van der Waals surface area contributed by atoms with E-state index in [2.05, 4.69) is 20.2 Å². The van der Waals surface area contributed by atoms with Gasteiger partial charge in [-0.1, -0.05) is 0 Å². The Bertz CT molecular complexity index is 428. The highest BCUT2D eigenvalue weighted by molar-refractivity contribution is 5.38. The number of ether oxygens (including phenoxy) is 1. The lowest BCUT2D eigenvalue weighted by atomic mass is 10.0. The van der Waals surface area contributed by atoms with E-state index in [1.165, 1.54) is 32.2 Å². The van der Waals surface area contributed by atoms with Crippen LogP contribution in [-0.4, -0.2) is 42.3 Å². The summed E-state index contributed by atoms with van der Waals surface area (Å²) in [5.41, 5.74) is 0. The van der Waals surface area contributed by atoms with Crippen molar-refractivity contribution in [1.82, 2.24) is 15.3 Å². The molecule has 1 aromatic rings. The van der Waals surface area contributed by atoms with E-state index in [0.29, 0.717) is 18.5 Å². The van der Waals surface area contributed by atoms with Crippen LogP contribution in [0, 0.1) is 5.92 Å². The van der Waals surface area contributed by atoms with Crippen LogP contribution in [0.2, 0.25) is 0 Å². The van der Waals surface area contributed by atoms with Crippen molar-refractivity contribution in [2.75, 3.05) is 31.1 Å². The van der Waals surface area contributed by atoms with E-state index in [1.54, 1.807) is 6.20 Å². The Morgan fingerprint density at radius 2 is 2.05 bits per heavy atom. The van der Waals surface area contributed by atoms with Gasteiger partial charge in [0.05, 0.1) is 19.0 Å². The molecule has 3 rings (SSSR count). The highest BCUT2D eigenvalue weighted by Crippen LogP contribution is 2.28. The summed E-state index contributed by atoms with van der Waals surface area (Å²) in [6, 6.07) is 0.676. The monoisotopic (exact) mass is 276 g/mol. The van der Waals surface area contributed by atoms with Crippen LogP contribution in [0.25, 0.3) is 0 Å². The van der Waals surface area contributed by atoms with Crippen LogP contribution in [0.4, 0.5) is 5.82 Å². The number of hydrogen-bond donors (Lipinski definition) is 1. The first-order valence-electron chi connectivity index (χ1n) is 7.78. The molecule has 2 aliphatic rings. The maximum Gasteiger partial charge on any atom is 0.234 e. The Morgan fingerprint density at radius 3 is 2.75 bits per heavy atom. The van der Waals surface area contributed by atoms with E-state index in [-0.39, 0.29) is 0 Å². The van der Waals surface area contributed by atoms with Crippen molar-refractivity contribution in [2.45, 2.75) is 38.6 Å². The first-order chi connectivity index (χ1) is 9.85. The smallest absolute Gasteiger partial charge is 0.234 e. The minimum atomic E-state index is 0.624. The molecule has 0 amide bonds. The molecule has 1 saturated heterocycles. The summed E-state index contributed by atoms with van der Waals surface area (Å²) < 4.78 is 5.42. The normalized spacial score (nSPS) is 20.1. The third-order valence-corrected chi connectivity index (χ3v) is 4.10. The zero-order chi connectivity index (χ0) is 13.8. The van der Waals surface area contributed by atoms with Crippen LogP contribution in [0.3, 0.4) is 0 Å². The van der Waals surface area contributed by atoms with Gasteiger partial charge in [-0.15, -0.1) is 0 Å². The van der Waals surface area contributed by atoms with E-state index in [9.17, 15) is 0 Å². The molecule has 0 bridgehead atoms. The molecule has 20 heavy (non-hydrogen) atoms. The van der Waals surface area contributed by atoms with Crippen molar-refractivity contribution < 1.29 is 4.74 Å². The average Bonchev–Trinajstić information content (AvgIpc) is 3.31. The van der Waals surface area contributed by atoms with Crippen molar-refractivity contribution >= 4 is 5.82 Å². The molecule has 1 aliphatic carbocycles. The lowest BCUT2D eigenvalue weighted by molar-refractivity contribution is 0.324. The number of piperidine rings is 1. The molecule has 110 valence electrons. The zero-order valence-electron chi connectivity index (χ0n) is 12.2. The van der Waals surface area contributed by atoms with E-state index < -0.39 is 0 Å². The fourth-order valence-corrected chi connectivity index (χ4v) is 2.68. The summed E-state index contributed by atoms with van der Waals surface area (Å²) in [5, 5.41) is 3.70. The van der Waals surface area contributed by atoms with Gasteiger partial charge in [-0.05, 0) is 45.1 Å². The quantitative estimate of drug-likeness (QED) is 0.859. The zero-order valence-corrected chi connectivity index (χ0v) is 12.2. The van der Waals surface area contributed by atoms with Crippen LogP contribution in [0.1, 0.15) is 32.6 Å². The fraction of sp³-hybridized carbons (Fsp3) is 0.733. The molecule has 1 N–H and O–H groups in total. The van der Waals surface area contributed by atoms with Gasteiger partial charge in [0.1, 0.15) is 0 Å².